The van der Waals surface area contributed by atoms with Gasteiger partial charge in [-0.25, -0.2) is 4.39 Å². The molecule has 0 bridgehead atoms. The van der Waals surface area contributed by atoms with Crippen molar-refractivity contribution < 1.29 is 9.18 Å². The standard InChI is InChI=1S/C19H28FN3O.ClH/c20-17-8-4-7-16(11-17)18-13-21-9-10-23(18)14-19(24)22-12-15-5-2-1-3-6-15;/h4,7-8,11,15,18,21H,1-3,5-6,9-10,12-14H2,(H,22,24);1H. The second-order valence-electron chi connectivity index (χ2n) is 7.05. The number of nitrogens with one attached hydrogen (secondary N) is 2. The zero-order chi connectivity index (χ0) is 16.8. The largest absolute Gasteiger partial charge is 0.355 e. The molecule has 1 saturated heterocycles. The van der Waals surface area contributed by atoms with Crippen LogP contribution in [0.25, 0.3) is 0 Å². The molecule has 1 atom stereocenters. The Balaban J connectivity index is 0.00000225. The van der Waals surface area contributed by atoms with E-state index in [1.807, 2.05) is 6.07 Å². The molecule has 1 amide bonds. The third kappa shape index (κ3) is 5.94. The Hall–Kier alpha value is -1.17. The zero-order valence-electron chi connectivity index (χ0n) is 14.7. The minimum absolute atomic E-state index is 0. The van der Waals surface area contributed by atoms with Gasteiger partial charge in [0.15, 0.2) is 0 Å². The number of amides is 1. The molecule has 1 aliphatic carbocycles. The highest BCUT2D eigenvalue weighted by atomic mass is 35.5. The maximum atomic E-state index is 13.5. The minimum Gasteiger partial charge on any atom is -0.355 e. The number of piperazine rings is 1. The second kappa shape index (κ2) is 10.1. The number of carbonyl (C=O) groups excluding carboxylic acids is 1. The summed E-state index contributed by atoms with van der Waals surface area (Å²) in [4.78, 5) is 14.5. The van der Waals surface area contributed by atoms with Gasteiger partial charge >= 0.3 is 0 Å². The van der Waals surface area contributed by atoms with E-state index in [-0.39, 0.29) is 30.2 Å². The molecular weight excluding hydrogens is 341 g/mol. The highest BCUT2D eigenvalue weighted by molar-refractivity contribution is 5.85. The van der Waals surface area contributed by atoms with Crippen LogP contribution in [-0.4, -0.2) is 43.5 Å². The molecule has 6 heteroatoms. The molecule has 3 rings (SSSR count). The molecule has 0 aromatic heterocycles. The predicted molar refractivity (Wildman–Crippen MR) is 100 cm³/mol. The Bertz CT molecular complexity index is 551. The summed E-state index contributed by atoms with van der Waals surface area (Å²) >= 11 is 0. The van der Waals surface area contributed by atoms with E-state index in [9.17, 15) is 9.18 Å². The van der Waals surface area contributed by atoms with Crippen molar-refractivity contribution in [2.45, 2.75) is 38.1 Å². The van der Waals surface area contributed by atoms with Gasteiger partial charge in [0.25, 0.3) is 0 Å². The fraction of sp³-hybridized carbons (Fsp3) is 0.632. The quantitative estimate of drug-likeness (QED) is 0.838. The van der Waals surface area contributed by atoms with Gasteiger partial charge in [-0.05, 0) is 36.5 Å². The maximum absolute atomic E-state index is 13.5. The molecule has 4 nitrogen and oxygen atoms in total. The van der Waals surface area contributed by atoms with E-state index >= 15 is 0 Å². The van der Waals surface area contributed by atoms with Crippen molar-refractivity contribution >= 4 is 18.3 Å². The van der Waals surface area contributed by atoms with Gasteiger partial charge in [0.05, 0.1) is 6.54 Å². The summed E-state index contributed by atoms with van der Waals surface area (Å²) < 4.78 is 13.5. The van der Waals surface area contributed by atoms with Crippen molar-refractivity contribution in [2.24, 2.45) is 5.92 Å². The molecule has 140 valence electrons. The lowest BCUT2D eigenvalue weighted by molar-refractivity contribution is -0.123. The first kappa shape index (κ1) is 20.1. The van der Waals surface area contributed by atoms with Crippen LogP contribution < -0.4 is 10.6 Å². The fourth-order valence-electron chi connectivity index (χ4n) is 3.87. The molecule has 25 heavy (non-hydrogen) atoms. The molecule has 1 unspecified atom stereocenters. The Morgan fingerprint density at radius 2 is 2.08 bits per heavy atom. The van der Waals surface area contributed by atoms with E-state index in [0.29, 0.717) is 12.5 Å². The lowest BCUT2D eigenvalue weighted by Gasteiger charge is -2.36. The monoisotopic (exact) mass is 369 g/mol. The van der Waals surface area contributed by atoms with Crippen LogP contribution in [0.15, 0.2) is 24.3 Å². The second-order valence-corrected chi connectivity index (χ2v) is 7.05. The topological polar surface area (TPSA) is 44.4 Å². The highest BCUT2D eigenvalue weighted by Crippen LogP contribution is 2.24. The van der Waals surface area contributed by atoms with Gasteiger partial charge in [0.1, 0.15) is 5.82 Å². The summed E-state index contributed by atoms with van der Waals surface area (Å²) in [5.74, 6) is 0.508. The van der Waals surface area contributed by atoms with Gasteiger partial charge in [0.2, 0.25) is 5.91 Å². The number of halogens is 2. The number of carbonyl (C=O) groups is 1. The molecule has 2 aliphatic rings. The van der Waals surface area contributed by atoms with Gasteiger partial charge in [-0.15, -0.1) is 12.4 Å². The molecule has 1 heterocycles. The van der Waals surface area contributed by atoms with Crippen LogP contribution in [0.1, 0.15) is 43.7 Å². The van der Waals surface area contributed by atoms with E-state index in [1.165, 1.54) is 38.2 Å². The normalized spacial score (nSPS) is 22.2. The fourth-order valence-corrected chi connectivity index (χ4v) is 3.87. The first-order valence-corrected chi connectivity index (χ1v) is 9.19. The Kier molecular flexibility index (Phi) is 8.13. The van der Waals surface area contributed by atoms with Gasteiger partial charge < -0.3 is 10.6 Å². The molecule has 1 aromatic rings. The highest BCUT2D eigenvalue weighted by Gasteiger charge is 2.26. The third-order valence-corrected chi connectivity index (χ3v) is 5.25. The maximum Gasteiger partial charge on any atom is 0.234 e. The van der Waals surface area contributed by atoms with Gasteiger partial charge in [-0.3, -0.25) is 9.69 Å². The number of hydrogen-bond donors (Lipinski definition) is 2. The molecular formula is C19H29ClFN3O. The Morgan fingerprint density at radius 1 is 1.28 bits per heavy atom. The van der Waals surface area contributed by atoms with E-state index in [2.05, 4.69) is 15.5 Å². The molecule has 1 saturated carbocycles. The average Bonchev–Trinajstić information content (AvgIpc) is 2.61. The zero-order valence-corrected chi connectivity index (χ0v) is 15.5. The van der Waals surface area contributed by atoms with Crippen LogP contribution in [0.2, 0.25) is 0 Å². The summed E-state index contributed by atoms with van der Waals surface area (Å²) in [6.45, 7) is 3.60. The van der Waals surface area contributed by atoms with Crippen LogP contribution in [0.5, 0.6) is 0 Å². The Morgan fingerprint density at radius 3 is 2.84 bits per heavy atom. The summed E-state index contributed by atoms with van der Waals surface area (Å²) in [6, 6.07) is 6.76. The van der Waals surface area contributed by atoms with Crippen molar-refractivity contribution in [1.29, 1.82) is 0 Å². The summed E-state index contributed by atoms with van der Waals surface area (Å²) in [6.07, 6.45) is 6.39. The average molecular weight is 370 g/mol. The smallest absolute Gasteiger partial charge is 0.234 e. The SMILES string of the molecule is Cl.O=C(CN1CCNCC1c1cccc(F)c1)NCC1CCCCC1. The summed E-state index contributed by atoms with van der Waals surface area (Å²) in [5.41, 5.74) is 0.933. The summed E-state index contributed by atoms with van der Waals surface area (Å²) in [7, 11) is 0. The van der Waals surface area contributed by atoms with Gasteiger partial charge in [-0.1, -0.05) is 31.4 Å². The van der Waals surface area contributed by atoms with Crippen LogP contribution in [0.4, 0.5) is 4.39 Å². The predicted octanol–water partition coefficient (Wildman–Crippen LogP) is 2.89. The van der Waals surface area contributed by atoms with Crippen LogP contribution in [0.3, 0.4) is 0 Å². The van der Waals surface area contributed by atoms with Crippen molar-refractivity contribution in [3.05, 3.63) is 35.6 Å². The third-order valence-electron chi connectivity index (χ3n) is 5.25. The molecule has 1 aromatic carbocycles. The molecule has 2 N–H and O–H groups in total. The minimum atomic E-state index is -0.222. The molecule has 1 aliphatic heterocycles. The van der Waals surface area contributed by atoms with E-state index < -0.39 is 0 Å². The number of nitrogens with zero attached hydrogens (tertiary/aromatic N) is 1. The number of rotatable bonds is 5. The number of benzene rings is 1. The van der Waals surface area contributed by atoms with Gasteiger partial charge in [0, 0.05) is 32.2 Å². The van der Waals surface area contributed by atoms with Crippen molar-refractivity contribution in [1.82, 2.24) is 15.5 Å². The van der Waals surface area contributed by atoms with E-state index in [4.69, 9.17) is 0 Å². The lowest BCUT2D eigenvalue weighted by atomic mass is 9.89. The molecule has 0 spiro atoms. The first-order valence-electron chi connectivity index (χ1n) is 9.19. The Labute approximate surface area is 156 Å². The van der Waals surface area contributed by atoms with Crippen molar-refractivity contribution in [2.75, 3.05) is 32.7 Å². The first-order chi connectivity index (χ1) is 11.7. The summed E-state index contributed by atoms with van der Waals surface area (Å²) in [5, 5.41) is 6.45. The van der Waals surface area contributed by atoms with Crippen LogP contribution in [0, 0.1) is 11.7 Å². The van der Waals surface area contributed by atoms with Crippen LogP contribution in [-0.2, 0) is 4.79 Å². The van der Waals surface area contributed by atoms with Gasteiger partial charge in [-0.2, -0.15) is 0 Å². The van der Waals surface area contributed by atoms with Crippen molar-refractivity contribution in [3.8, 4) is 0 Å². The van der Waals surface area contributed by atoms with E-state index in [1.54, 1.807) is 12.1 Å². The lowest BCUT2D eigenvalue weighted by Crippen LogP contribution is -2.49. The molecule has 0 radical (unpaired) electrons. The van der Waals surface area contributed by atoms with Crippen molar-refractivity contribution in [3.63, 3.8) is 0 Å². The number of hydrogen-bond acceptors (Lipinski definition) is 3. The molecule has 2 fully saturated rings. The van der Waals surface area contributed by atoms with E-state index in [0.717, 1.165) is 31.7 Å². The van der Waals surface area contributed by atoms with Crippen LogP contribution >= 0.6 is 12.4 Å².